The summed E-state index contributed by atoms with van der Waals surface area (Å²) in [6, 6.07) is 40.6. The first-order chi connectivity index (χ1) is 19.8. The number of fused-ring (bicyclic) bond motifs is 12. The lowest BCUT2D eigenvalue weighted by molar-refractivity contribution is 0.671. The lowest BCUT2D eigenvalue weighted by Gasteiger charge is -2.07. The molecule has 10 aromatic rings. The van der Waals surface area contributed by atoms with E-state index in [9.17, 15) is 0 Å². The van der Waals surface area contributed by atoms with Crippen LogP contribution in [0.5, 0.6) is 0 Å². The molecule has 0 aliphatic rings. The van der Waals surface area contributed by atoms with E-state index in [1.54, 1.807) is 0 Å². The highest BCUT2D eigenvalue weighted by molar-refractivity contribution is 6.27. The summed E-state index contributed by atoms with van der Waals surface area (Å²) in [4.78, 5) is 10.2. The van der Waals surface area contributed by atoms with E-state index in [1.807, 2.05) is 24.3 Å². The number of nitrogens with zero attached hydrogens (tertiary/aromatic N) is 3. The Labute approximate surface area is 227 Å². The van der Waals surface area contributed by atoms with Crippen LogP contribution in [0, 0.1) is 0 Å². The number of benzene rings is 6. The molecule has 184 valence electrons. The third-order valence-corrected chi connectivity index (χ3v) is 8.51. The number of hydrogen-bond donors (Lipinski definition) is 0. The van der Waals surface area contributed by atoms with E-state index in [1.165, 1.54) is 32.7 Å². The number of rotatable bonds is 1. The van der Waals surface area contributed by atoms with Crippen LogP contribution in [0.2, 0.25) is 0 Å². The monoisotopic (exact) mass is 509 g/mol. The zero-order chi connectivity index (χ0) is 25.9. The predicted octanol–water partition coefficient (Wildman–Crippen LogP) is 9.50. The maximum Gasteiger partial charge on any atom is 0.165 e. The summed E-state index contributed by atoms with van der Waals surface area (Å²) in [7, 11) is 0. The topological polar surface area (TPSA) is 43.3 Å². The molecule has 0 aliphatic heterocycles. The van der Waals surface area contributed by atoms with E-state index in [-0.39, 0.29) is 0 Å². The van der Waals surface area contributed by atoms with E-state index in [2.05, 4.69) is 95.4 Å². The summed E-state index contributed by atoms with van der Waals surface area (Å²) in [5.41, 5.74) is 9.95. The number of hydrogen-bond acceptors (Lipinski definition) is 3. The molecule has 0 spiro atoms. The third-order valence-electron chi connectivity index (χ3n) is 8.51. The van der Waals surface area contributed by atoms with Gasteiger partial charge >= 0.3 is 0 Å². The van der Waals surface area contributed by atoms with Crippen LogP contribution in [-0.4, -0.2) is 14.4 Å². The second kappa shape index (κ2) is 7.13. The summed E-state index contributed by atoms with van der Waals surface area (Å²) in [6.07, 6.45) is 0. The van der Waals surface area contributed by atoms with E-state index in [0.717, 1.165) is 60.6 Å². The van der Waals surface area contributed by atoms with Crippen LogP contribution >= 0.6 is 0 Å². The molecule has 4 nitrogen and oxygen atoms in total. The average Bonchev–Trinajstić information content (AvgIpc) is 3.66. The van der Waals surface area contributed by atoms with Gasteiger partial charge in [0.05, 0.1) is 22.1 Å². The normalized spacial score (nSPS) is 12.5. The average molecular weight is 510 g/mol. The number of aromatic nitrogens is 3. The van der Waals surface area contributed by atoms with Crippen LogP contribution in [-0.2, 0) is 0 Å². The minimum absolute atomic E-state index is 0.865. The third kappa shape index (κ3) is 2.46. The lowest BCUT2D eigenvalue weighted by Crippen LogP contribution is -1.89. The second-order valence-electron chi connectivity index (χ2n) is 10.6. The van der Waals surface area contributed by atoms with Crippen molar-refractivity contribution in [1.29, 1.82) is 0 Å². The van der Waals surface area contributed by atoms with Gasteiger partial charge in [-0.05, 0) is 52.2 Å². The molecule has 0 unspecified atom stereocenters. The van der Waals surface area contributed by atoms with Crippen LogP contribution in [0.15, 0.2) is 120 Å². The molecule has 4 heterocycles. The molecule has 0 aliphatic carbocycles. The van der Waals surface area contributed by atoms with Gasteiger partial charge in [-0.3, -0.25) is 4.40 Å². The van der Waals surface area contributed by atoms with Crippen molar-refractivity contribution in [1.82, 2.24) is 14.4 Å². The first kappa shape index (κ1) is 20.5. The van der Waals surface area contributed by atoms with Crippen molar-refractivity contribution in [2.45, 2.75) is 0 Å². The standard InChI is InChI=1S/C36H19N3O/c1-2-9-22-20(7-1)8-5-10-23(22)21-15-18-31-28(19-21)26-17-16-25-24-11-6-12-27-32-36(38-30-14-4-3-13-29(30)37-32)39(33(24)27)34(25)35(26)40-31/h1-19H. The van der Waals surface area contributed by atoms with Crippen LogP contribution in [0.3, 0.4) is 0 Å². The van der Waals surface area contributed by atoms with Crippen molar-refractivity contribution in [3.63, 3.8) is 0 Å². The fourth-order valence-corrected chi connectivity index (χ4v) is 6.75. The van der Waals surface area contributed by atoms with Crippen LogP contribution in [0.1, 0.15) is 0 Å². The van der Waals surface area contributed by atoms with E-state index in [0.29, 0.717) is 0 Å². The van der Waals surface area contributed by atoms with Crippen molar-refractivity contribution in [2.24, 2.45) is 0 Å². The zero-order valence-electron chi connectivity index (χ0n) is 21.2. The van der Waals surface area contributed by atoms with Crippen molar-refractivity contribution < 1.29 is 4.42 Å². The first-order valence-electron chi connectivity index (χ1n) is 13.5. The highest BCUT2D eigenvalue weighted by Gasteiger charge is 2.23. The molecule has 4 heteroatoms. The van der Waals surface area contributed by atoms with Gasteiger partial charge in [-0.2, -0.15) is 0 Å². The van der Waals surface area contributed by atoms with Gasteiger partial charge in [-0.25, -0.2) is 9.97 Å². The molecule has 0 saturated carbocycles. The van der Waals surface area contributed by atoms with Crippen molar-refractivity contribution in [3.05, 3.63) is 115 Å². The Balaban J connectivity index is 1.35. The lowest BCUT2D eigenvalue weighted by atomic mass is 9.97. The van der Waals surface area contributed by atoms with Gasteiger partial charge in [0.25, 0.3) is 0 Å². The minimum Gasteiger partial charge on any atom is -0.454 e. The SMILES string of the molecule is c1ccc2c(-c3ccc4oc5c(ccc6c7cccc8c9nc%10ccccc%10nc9n(c78)c65)c4c3)cccc2c1. The van der Waals surface area contributed by atoms with Gasteiger partial charge in [-0.15, -0.1) is 0 Å². The molecule has 0 fully saturated rings. The highest BCUT2D eigenvalue weighted by atomic mass is 16.3. The molecule has 0 atom stereocenters. The summed E-state index contributed by atoms with van der Waals surface area (Å²) in [5, 5.41) is 8.18. The zero-order valence-corrected chi connectivity index (χ0v) is 21.2. The van der Waals surface area contributed by atoms with E-state index < -0.39 is 0 Å². The molecular formula is C36H19N3O. The van der Waals surface area contributed by atoms with Crippen molar-refractivity contribution in [3.8, 4) is 11.1 Å². The minimum atomic E-state index is 0.865. The highest BCUT2D eigenvalue weighted by Crippen LogP contribution is 2.43. The molecule has 0 N–H and O–H groups in total. The van der Waals surface area contributed by atoms with Gasteiger partial charge < -0.3 is 4.42 Å². The fourth-order valence-electron chi connectivity index (χ4n) is 6.75. The molecule has 0 radical (unpaired) electrons. The van der Waals surface area contributed by atoms with Crippen LogP contribution in [0.25, 0.3) is 93.2 Å². The van der Waals surface area contributed by atoms with Crippen molar-refractivity contribution >= 4 is 82.1 Å². The van der Waals surface area contributed by atoms with Crippen LogP contribution < -0.4 is 0 Å². The molecule has 0 amide bonds. The summed E-state index contributed by atoms with van der Waals surface area (Å²) < 4.78 is 8.94. The molecule has 0 bridgehead atoms. The van der Waals surface area contributed by atoms with E-state index >= 15 is 0 Å². The van der Waals surface area contributed by atoms with E-state index in [4.69, 9.17) is 14.4 Å². The number of furan rings is 1. The first-order valence-corrected chi connectivity index (χ1v) is 13.5. The Hall–Kier alpha value is -5.48. The van der Waals surface area contributed by atoms with Gasteiger partial charge in [0.1, 0.15) is 11.1 Å². The van der Waals surface area contributed by atoms with Crippen molar-refractivity contribution in [2.75, 3.05) is 0 Å². The molecule has 4 aromatic heterocycles. The summed E-state index contributed by atoms with van der Waals surface area (Å²) in [5.74, 6) is 0. The fraction of sp³-hybridized carbons (Fsp3) is 0. The molecule has 0 saturated heterocycles. The maximum atomic E-state index is 6.67. The molecular weight excluding hydrogens is 490 g/mol. The molecule has 10 rings (SSSR count). The Morgan fingerprint density at radius 2 is 1.25 bits per heavy atom. The Morgan fingerprint density at radius 1 is 0.525 bits per heavy atom. The molecule has 6 aromatic carbocycles. The largest absolute Gasteiger partial charge is 0.454 e. The van der Waals surface area contributed by atoms with Gasteiger partial charge in [0.15, 0.2) is 11.2 Å². The van der Waals surface area contributed by atoms with Gasteiger partial charge in [0.2, 0.25) is 0 Å². The van der Waals surface area contributed by atoms with Gasteiger partial charge in [0, 0.05) is 26.9 Å². The second-order valence-corrected chi connectivity index (χ2v) is 10.6. The summed E-state index contributed by atoms with van der Waals surface area (Å²) >= 11 is 0. The Kier molecular flexibility index (Phi) is 3.65. The van der Waals surface area contributed by atoms with Crippen LogP contribution in [0.4, 0.5) is 0 Å². The quantitative estimate of drug-likeness (QED) is 0.221. The summed E-state index contributed by atoms with van der Waals surface area (Å²) in [6.45, 7) is 0. The Morgan fingerprint density at radius 3 is 2.20 bits per heavy atom. The van der Waals surface area contributed by atoms with Gasteiger partial charge in [-0.1, -0.05) is 84.9 Å². The predicted molar refractivity (Wildman–Crippen MR) is 164 cm³/mol. The molecule has 40 heavy (non-hydrogen) atoms. The Bertz CT molecular complexity index is 2650. The maximum absolute atomic E-state index is 6.67. The number of para-hydroxylation sites is 3. The smallest absolute Gasteiger partial charge is 0.165 e.